The standard InChI is InChI=1S/C31H37N3O7/c1-2-38-29-23(9-6-16-35)24(21-10-11-25-26(17-21)40-20-39-25)18-27(41-29)28(36)33-14-12-31(13-15-33)30(37)32-19-34(31)22-7-4-3-5-8-22/h3-5,7-8,10-11,17-18,23-24,29,35H,2,6,9,12-16,19-20H2,1H3,(H,32,37)/t23-,24-,29-/m1/s1. The van der Waals surface area contributed by atoms with Crippen molar-refractivity contribution in [2.75, 3.05) is 44.7 Å². The van der Waals surface area contributed by atoms with Crippen molar-refractivity contribution in [3.8, 4) is 11.5 Å². The number of benzene rings is 2. The van der Waals surface area contributed by atoms with Crippen LogP contribution >= 0.6 is 0 Å². The molecule has 2 saturated heterocycles. The van der Waals surface area contributed by atoms with Gasteiger partial charge in [-0.1, -0.05) is 24.3 Å². The molecule has 0 bridgehead atoms. The van der Waals surface area contributed by atoms with Gasteiger partial charge in [0, 0.05) is 43.8 Å². The van der Waals surface area contributed by atoms with Gasteiger partial charge in [-0.05, 0) is 68.5 Å². The largest absolute Gasteiger partial charge is 0.459 e. The molecule has 0 aromatic heterocycles. The predicted octanol–water partition coefficient (Wildman–Crippen LogP) is 3.12. The lowest BCUT2D eigenvalue weighted by Crippen LogP contribution is -2.57. The number of allylic oxidation sites excluding steroid dienone is 1. The molecule has 4 aliphatic heterocycles. The van der Waals surface area contributed by atoms with Crippen molar-refractivity contribution in [3.63, 3.8) is 0 Å². The van der Waals surface area contributed by atoms with Crippen molar-refractivity contribution in [1.29, 1.82) is 0 Å². The molecule has 2 N–H and O–H groups in total. The second kappa shape index (κ2) is 11.6. The zero-order valence-electron chi connectivity index (χ0n) is 23.3. The Hall–Kier alpha value is -3.76. The molecule has 4 aliphatic rings. The molecule has 2 amide bonds. The number of amides is 2. The van der Waals surface area contributed by atoms with Gasteiger partial charge in [0.2, 0.25) is 19.0 Å². The topological polar surface area (TPSA) is 110 Å². The minimum Gasteiger partial charge on any atom is -0.459 e. The average Bonchev–Trinajstić information content (AvgIpc) is 3.60. The van der Waals surface area contributed by atoms with Crippen LogP contribution in [0.15, 0.2) is 60.4 Å². The lowest BCUT2D eigenvalue weighted by atomic mass is 9.80. The van der Waals surface area contributed by atoms with Crippen molar-refractivity contribution >= 4 is 17.5 Å². The molecule has 0 unspecified atom stereocenters. The maximum Gasteiger partial charge on any atom is 0.288 e. The van der Waals surface area contributed by atoms with Gasteiger partial charge in [0.15, 0.2) is 17.3 Å². The molecule has 0 aliphatic carbocycles. The Morgan fingerprint density at radius 2 is 1.90 bits per heavy atom. The summed E-state index contributed by atoms with van der Waals surface area (Å²) in [5, 5.41) is 12.6. The van der Waals surface area contributed by atoms with Gasteiger partial charge < -0.3 is 39.2 Å². The SMILES string of the molecule is CCO[C@@H]1OC(C(=O)N2CCC3(CC2)C(=O)NCN3c2ccccc2)=C[C@H](c2ccc3c(c2)OCO3)[C@H]1CCCO. The zero-order chi connectivity index (χ0) is 28.4. The Morgan fingerprint density at radius 1 is 1.12 bits per heavy atom. The number of para-hydroxylation sites is 1. The van der Waals surface area contributed by atoms with Crippen LogP contribution in [0.5, 0.6) is 11.5 Å². The molecule has 2 aromatic carbocycles. The first-order valence-electron chi connectivity index (χ1n) is 14.4. The fourth-order valence-corrected chi connectivity index (χ4v) is 6.53. The van der Waals surface area contributed by atoms with Crippen molar-refractivity contribution in [2.45, 2.75) is 50.4 Å². The first-order valence-corrected chi connectivity index (χ1v) is 14.4. The molecule has 0 saturated carbocycles. The van der Waals surface area contributed by atoms with Gasteiger partial charge in [-0.2, -0.15) is 0 Å². The summed E-state index contributed by atoms with van der Waals surface area (Å²) in [6, 6.07) is 15.7. The number of nitrogens with one attached hydrogen (secondary N) is 1. The van der Waals surface area contributed by atoms with E-state index < -0.39 is 11.8 Å². The first kappa shape index (κ1) is 27.4. The molecule has 218 valence electrons. The normalized spacial score (nSPS) is 24.7. The van der Waals surface area contributed by atoms with Crippen LogP contribution in [-0.2, 0) is 19.1 Å². The van der Waals surface area contributed by atoms with Crippen LogP contribution in [0.4, 0.5) is 5.69 Å². The smallest absolute Gasteiger partial charge is 0.288 e. The molecule has 1 spiro atoms. The Balaban J connectivity index is 1.25. The Morgan fingerprint density at radius 3 is 2.66 bits per heavy atom. The monoisotopic (exact) mass is 563 g/mol. The van der Waals surface area contributed by atoms with E-state index in [2.05, 4.69) is 10.2 Å². The first-order chi connectivity index (χ1) is 20.0. The molecule has 2 aromatic rings. The highest BCUT2D eigenvalue weighted by Gasteiger charge is 2.51. The minimum atomic E-state index is -0.682. The third kappa shape index (κ3) is 5.10. The van der Waals surface area contributed by atoms with Crippen molar-refractivity contribution in [1.82, 2.24) is 10.2 Å². The maximum atomic E-state index is 13.9. The number of anilines is 1. The number of rotatable bonds is 8. The minimum absolute atomic E-state index is 0.00703. The summed E-state index contributed by atoms with van der Waals surface area (Å²) in [6.07, 6.45) is 3.54. The van der Waals surface area contributed by atoms with Gasteiger partial charge in [0.05, 0.1) is 6.67 Å². The van der Waals surface area contributed by atoms with Gasteiger partial charge in [0.1, 0.15) is 5.54 Å². The van der Waals surface area contributed by atoms with Crippen LogP contribution in [0.1, 0.15) is 44.1 Å². The molecule has 2 fully saturated rings. The quantitative estimate of drug-likeness (QED) is 0.504. The molecule has 10 heteroatoms. The zero-order valence-corrected chi connectivity index (χ0v) is 23.3. The van der Waals surface area contributed by atoms with E-state index in [1.54, 1.807) is 4.90 Å². The van der Waals surface area contributed by atoms with E-state index in [0.29, 0.717) is 63.5 Å². The highest BCUT2D eigenvalue weighted by Crippen LogP contribution is 2.43. The number of nitrogens with zero attached hydrogens (tertiary/aromatic N) is 2. The average molecular weight is 564 g/mol. The summed E-state index contributed by atoms with van der Waals surface area (Å²) in [5.74, 6) is 1.11. The number of carbonyl (C=O) groups is 2. The Bertz CT molecular complexity index is 1290. The number of fused-ring (bicyclic) bond motifs is 1. The lowest BCUT2D eigenvalue weighted by molar-refractivity contribution is -0.171. The van der Waals surface area contributed by atoms with Crippen LogP contribution < -0.4 is 19.7 Å². The molecule has 3 atom stereocenters. The molecular weight excluding hydrogens is 526 g/mol. The van der Waals surface area contributed by atoms with Crippen molar-refractivity contribution < 1.29 is 33.6 Å². The molecule has 6 rings (SSSR count). The third-order valence-electron chi connectivity index (χ3n) is 8.69. The third-order valence-corrected chi connectivity index (χ3v) is 8.69. The predicted molar refractivity (Wildman–Crippen MR) is 150 cm³/mol. The summed E-state index contributed by atoms with van der Waals surface area (Å²) < 4.78 is 23.4. The Labute approximate surface area is 239 Å². The van der Waals surface area contributed by atoms with Crippen LogP contribution in [0.25, 0.3) is 0 Å². The second-order valence-electron chi connectivity index (χ2n) is 10.9. The van der Waals surface area contributed by atoms with E-state index >= 15 is 0 Å². The van der Waals surface area contributed by atoms with Gasteiger partial charge in [-0.3, -0.25) is 9.59 Å². The second-order valence-corrected chi connectivity index (χ2v) is 10.9. The summed E-state index contributed by atoms with van der Waals surface area (Å²) >= 11 is 0. The van der Waals surface area contributed by atoms with Crippen LogP contribution in [-0.4, -0.2) is 73.4 Å². The van der Waals surface area contributed by atoms with Crippen LogP contribution in [0.3, 0.4) is 0 Å². The van der Waals surface area contributed by atoms with Gasteiger partial charge in [0.25, 0.3) is 5.91 Å². The number of carbonyl (C=O) groups excluding carboxylic acids is 2. The molecule has 0 radical (unpaired) electrons. The fourth-order valence-electron chi connectivity index (χ4n) is 6.53. The molecule has 10 nitrogen and oxygen atoms in total. The highest BCUT2D eigenvalue weighted by molar-refractivity contribution is 5.95. The van der Waals surface area contributed by atoms with E-state index in [1.807, 2.05) is 61.5 Å². The maximum absolute atomic E-state index is 13.9. The highest BCUT2D eigenvalue weighted by atomic mass is 16.7. The number of piperidine rings is 1. The number of hydrogen-bond donors (Lipinski definition) is 2. The summed E-state index contributed by atoms with van der Waals surface area (Å²) in [4.78, 5) is 30.9. The number of hydrogen-bond acceptors (Lipinski definition) is 8. The van der Waals surface area contributed by atoms with Gasteiger partial charge in [-0.25, -0.2) is 0 Å². The van der Waals surface area contributed by atoms with E-state index in [4.69, 9.17) is 18.9 Å². The molecule has 41 heavy (non-hydrogen) atoms. The van der Waals surface area contributed by atoms with Crippen LogP contribution in [0, 0.1) is 5.92 Å². The summed E-state index contributed by atoms with van der Waals surface area (Å²) in [6.45, 7) is 3.87. The van der Waals surface area contributed by atoms with E-state index in [0.717, 1.165) is 11.3 Å². The fraction of sp³-hybridized carbons (Fsp3) is 0.484. The summed E-state index contributed by atoms with van der Waals surface area (Å²) in [5.41, 5.74) is 1.27. The molecular formula is C31H37N3O7. The van der Waals surface area contributed by atoms with E-state index in [-0.39, 0.29) is 42.8 Å². The lowest BCUT2D eigenvalue weighted by Gasteiger charge is -2.44. The summed E-state index contributed by atoms with van der Waals surface area (Å²) in [7, 11) is 0. The van der Waals surface area contributed by atoms with E-state index in [9.17, 15) is 14.7 Å². The van der Waals surface area contributed by atoms with Crippen molar-refractivity contribution in [2.24, 2.45) is 5.92 Å². The number of aliphatic hydroxyl groups excluding tert-OH is 1. The van der Waals surface area contributed by atoms with Crippen LogP contribution in [0.2, 0.25) is 0 Å². The Kier molecular flexibility index (Phi) is 7.77. The number of aliphatic hydroxyl groups is 1. The number of ether oxygens (including phenoxy) is 4. The van der Waals surface area contributed by atoms with Gasteiger partial charge >= 0.3 is 0 Å². The van der Waals surface area contributed by atoms with E-state index in [1.165, 1.54) is 0 Å². The molecule has 4 heterocycles. The van der Waals surface area contributed by atoms with Gasteiger partial charge in [-0.15, -0.1) is 0 Å². The number of likely N-dealkylation sites (tertiary alicyclic amines) is 1. The van der Waals surface area contributed by atoms with Crippen molar-refractivity contribution in [3.05, 3.63) is 65.9 Å².